The zero-order valence-corrected chi connectivity index (χ0v) is 44.0. The third kappa shape index (κ3) is 44.3. The number of aromatic carboxylic acids is 4. The molecule has 0 unspecified atom stereocenters. The number of aromatic nitrogens is 2. The van der Waals surface area contributed by atoms with Crippen LogP contribution in [0, 0.1) is 0 Å². The van der Waals surface area contributed by atoms with Crippen LogP contribution in [-0.4, -0.2) is 244 Å². The van der Waals surface area contributed by atoms with E-state index in [-0.39, 0.29) is 33.0 Å². The number of nitrogens with zero attached hydrogens (tertiary/aromatic N) is 23. The molecule has 80 heavy (non-hydrogen) atoms. The average Bonchev–Trinajstić information content (AvgIpc) is 4.29. The quantitative estimate of drug-likeness (QED) is 0.298. The van der Waals surface area contributed by atoms with Crippen LogP contribution in [0.25, 0.3) is 0 Å². The molecule has 0 radical (unpaired) electrons. The number of carboxylic acid groups (broad SMARTS) is 4. The van der Waals surface area contributed by atoms with Crippen molar-refractivity contribution in [2.24, 2.45) is 110 Å². The van der Waals surface area contributed by atoms with E-state index in [0.717, 1.165) is 72.0 Å². The molecule has 34 heteroatoms. The second-order valence-electron chi connectivity index (χ2n) is 12.8. The van der Waals surface area contributed by atoms with Crippen molar-refractivity contribution in [3.8, 4) is 0 Å². The number of aromatic amines is 1. The van der Waals surface area contributed by atoms with Crippen LogP contribution >= 0.6 is 0 Å². The van der Waals surface area contributed by atoms with E-state index < -0.39 is 46.1 Å². The molecule has 11 aliphatic rings. The van der Waals surface area contributed by atoms with Crippen molar-refractivity contribution in [3.05, 3.63) is 53.1 Å². The number of rotatable bonds is 4. The van der Waals surface area contributed by atoms with E-state index in [9.17, 15) is 39.6 Å². The maximum Gasteiger partial charge on any atom is 2.00 e. The van der Waals surface area contributed by atoms with Crippen molar-refractivity contribution < 1.29 is 72.6 Å². The molecule has 0 aliphatic carbocycles. The van der Waals surface area contributed by atoms with Crippen molar-refractivity contribution in [1.82, 2.24) is 9.97 Å². The van der Waals surface area contributed by atoms with E-state index in [4.69, 9.17) is 0 Å². The minimum Gasteiger partial charge on any atom is -0.545 e. The van der Waals surface area contributed by atoms with E-state index in [0.29, 0.717) is 12.1 Å². The van der Waals surface area contributed by atoms with Gasteiger partial charge in [0.1, 0.15) is 69.7 Å². The summed E-state index contributed by atoms with van der Waals surface area (Å²) in [5.41, 5.74) is -4.73. The van der Waals surface area contributed by atoms with Crippen LogP contribution in [0.3, 0.4) is 0 Å². The summed E-state index contributed by atoms with van der Waals surface area (Å²) < 4.78 is 0. The summed E-state index contributed by atoms with van der Waals surface area (Å²) >= 11 is 0. The first-order valence-corrected chi connectivity index (χ1v) is 22.2. The van der Waals surface area contributed by atoms with Gasteiger partial charge < -0.3 is 44.6 Å². The summed E-state index contributed by atoms with van der Waals surface area (Å²) in [4.78, 5) is 130. The van der Waals surface area contributed by atoms with Gasteiger partial charge in [0.15, 0.2) is 0 Å². The molecule has 0 atom stereocenters. The number of carbonyl (C=O) groups excluding carboxylic acids is 4. The first kappa shape index (κ1) is 72.1. The first-order chi connectivity index (χ1) is 38.3. The molecule has 1 aromatic carbocycles. The van der Waals surface area contributed by atoms with Crippen LogP contribution < -0.4 is 20.4 Å². The Hall–Kier alpha value is -9.96. The standard InChI is InChI=1S/C10H6O8.12C3H4N2.2Ni/c11-7(12)3-1-2-4(8(13)14)6(10(17)18)5(3)9(15)16;12*1-2-5-3-4-1;;/h1-2H,(H,11,12)(H,13,14)(H,15,16)(H,17,18);11*1,3H,2H2;1-3H,(H,4,5);;/q;;;;;;;;;;;;;2*+2/p-4. The van der Waals surface area contributed by atoms with Gasteiger partial charge in [-0.05, 0) is 0 Å². The number of aliphatic imine (C=N–C) groups is 22. The van der Waals surface area contributed by atoms with Gasteiger partial charge in [-0.2, -0.15) is 0 Å². The number of carboxylic acids is 4. The molecular weight excluding hydrogens is 1130 g/mol. The second-order valence-corrected chi connectivity index (χ2v) is 12.8. The van der Waals surface area contributed by atoms with Crippen LogP contribution in [0.5, 0.6) is 0 Å². The van der Waals surface area contributed by atoms with Crippen LogP contribution in [0.15, 0.2) is 141 Å². The molecule has 11 aliphatic heterocycles. The van der Waals surface area contributed by atoms with Crippen molar-refractivity contribution in [3.63, 3.8) is 0 Å². The molecule has 0 bridgehead atoms. The molecule has 2 aromatic rings. The number of H-pyrrole nitrogens is 1. The summed E-state index contributed by atoms with van der Waals surface area (Å²) in [6, 6.07) is 1.14. The molecule has 12 heterocycles. The van der Waals surface area contributed by atoms with Crippen molar-refractivity contribution >= 4 is 162 Å². The van der Waals surface area contributed by atoms with Crippen molar-refractivity contribution in [1.29, 1.82) is 0 Å². The third-order valence-corrected chi connectivity index (χ3v) is 7.31. The van der Waals surface area contributed by atoms with Gasteiger partial charge in [0, 0.05) is 103 Å². The Kier molecular flexibility index (Phi) is 49.8. The molecule has 0 amide bonds. The summed E-state index contributed by atoms with van der Waals surface area (Å²) in [7, 11) is 0. The van der Waals surface area contributed by atoms with Gasteiger partial charge in [-0.3, -0.25) is 54.9 Å². The van der Waals surface area contributed by atoms with Crippen LogP contribution in [0.1, 0.15) is 41.4 Å². The van der Waals surface area contributed by atoms with Crippen LogP contribution in [-0.2, 0) is 33.0 Å². The molecule has 0 saturated carbocycles. The molecule has 0 saturated heterocycles. The average molecular weight is 1180 g/mol. The molecule has 1 N–H and O–H groups in total. The molecule has 32 nitrogen and oxygen atoms in total. The minimum atomic E-state index is -2.18. The van der Waals surface area contributed by atoms with Crippen molar-refractivity contribution in [2.75, 3.05) is 72.0 Å². The summed E-state index contributed by atoms with van der Waals surface area (Å²) in [6.45, 7) is 8.56. The molecular formula is C46H50N24Ni2O8. The van der Waals surface area contributed by atoms with E-state index >= 15 is 0 Å². The number of nitrogens with one attached hydrogen (secondary N) is 1. The number of carbonyl (C=O) groups is 4. The van der Waals surface area contributed by atoms with Crippen molar-refractivity contribution in [2.45, 2.75) is 0 Å². The van der Waals surface area contributed by atoms with Gasteiger partial charge in [-0.1, -0.05) is 12.1 Å². The van der Waals surface area contributed by atoms with Gasteiger partial charge in [0.05, 0.1) is 102 Å². The zero-order chi connectivity index (χ0) is 56.5. The Morgan fingerprint density at radius 1 is 0.312 bits per heavy atom. The van der Waals surface area contributed by atoms with Gasteiger partial charge in [-0.15, -0.1) is 0 Å². The largest absolute Gasteiger partial charge is 2.00 e. The van der Waals surface area contributed by atoms with E-state index in [1.54, 1.807) is 157 Å². The summed E-state index contributed by atoms with van der Waals surface area (Å²) in [6.07, 6.45) is 41.6. The minimum absolute atomic E-state index is 0. The number of hydrogen-bond donors (Lipinski definition) is 1. The Morgan fingerprint density at radius 3 is 0.562 bits per heavy atom. The zero-order valence-electron chi connectivity index (χ0n) is 42.1. The van der Waals surface area contributed by atoms with E-state index in [1.807, 2.05) is 0 Å². The number of hydrogen-bond acceptors (Lipinski definition) is 31. The van der Waals surface area contributed by atoms with Crippen LogP contribution in [0.2, 0.25) is 0 Å². The molecule has 0 fully saturated rings. The maximum absolute atomic E-state index is 10.7. The predicted octanol–water partition coefficient (Wildman–Crippen LogP) is -3.36. The van der Waals surface area contributed by atoms with Gasteiger partial charge in [-0.25, -0.2) is 59.9 Å². The molecule has 13 rings (SSSR count). The van der Waals surface area contributed by atoms with E-state index in [2.05, 4.69) is 120 Å². The van der Waals surface area contributed by atoms with Gasteiger partial charge >= 0.3 is 33.0 Å². The fraction of sp³-hybridized carbons (Fsp3) is 0.239. The Bertz CT molecular complexity index is 2170. The third-order valence-electron chi connectivity index (χ3n) is 7.31. The Balaban J connectivity index is 0. The van der Waals surface area contributed by atoms with Gasteiger partial charge in [0.2, 0.25) is 0 Å². The number of imidazole rings is 1. The predicted molar refractivity (Wildman–Crippen MR) is 303 cm³/mol. The molecule has 422 valence electrons. The SMILES string of the molecule is C1=NC=NC1.C1=NC=NC1.C1=NC=NC1.C1=NC=NC1.C1=NC=NC1.C1=NC=NC1.C1=NC=NC1.C1=NC=NC1.C1=NC=NC1.C1=NC=NC1.C1=NC=NC1.O=C([O-])c1ccc(C(=O)[O-])c(C(=O)[O-])c1C(=O)[O-].[Ni+2].[Ni+2].c1c[nH]cn1. The monoisotopic (exact) mass is 1180 g/mol. The normalized spacial score (nSPS) is 14.8. The maximum atomic E-state index is 10.7. The molecule has 1 aromatic heterocycles. The fourth-order valence-corrected chi connectivity index (χ4v) is 4.17. The Morgan fingerprint density at radius 2 is 0.500 bits per heavy atom. The van der Waals surface area contributed by atoms with Crippen LogP contribution in [0.4, 0.5) is 0 Å². The second kappa shape index (κ2) is 55.3. The van der Waals surface area contributed by atoms with E-state index in [1.165, 1.54) is 0 Å². The first-order valence-electron chi connectivity index (χ1n) is 22.2. The topological polar surface area (TPSA) is 461 Å². The Labute approximate surface area is 477 Å². The number of benzene rings is 1. The smallest absolute Gasteiger partial charge is 0.545 e. The molecule has 0 spiro atoms. The van der Waals surface area contributed by atoms with Gasteiger partial charge in [0.25, 0.3) is 0 Å². The summed E-state index contributed by atoms with van der Waals surface area (Å²) in [5, 5.41) is 42.6. The summed E-state index contributed by atoms with van der Waals surface area (Å²) in [5.74, 6) is -8.36. The fourth-order valence-electron chi connectivity index (χ4n) is 4.17.